The Kier molecular flexibility index (Phi) is 6.23. The van der Waals surface area contributed by atoms with E-state index in [4.69, 9.17) is 4.74 Å². The molecule has 0 N–H and O–H groups in total. The van der Waals surface area contributed by atoms with Gasteiger partial charge in [-0.2, -0.15) is 0 Å². The minimum Gasteiger partial charge on any atom is -0.484 e. The first-order chi connectivity index (χ1) is 17.0. The highest BCUT2D eigenvalue weighted by molar-refractivity contribution is 5.98. The highest BCUT2D eigenvalue weighted by Crippen LogP contribution is 2.42. The van der Waals surface area contributed by atoms with E-state index in [0.717, 1.165) is 27.7 Å². The molecule has 0 aliphatic carbocycles. The van der Waals surface area contributed by atoms with Gasteiger partial charge in [-0.3, -0.25) is 9.59 Å². The zero-order valence-electron chi connectivity index (χ0n) is 19.9. The number of fused-ring (bicyclic) bond motifs is 2. The molecule has 5 rings (SSSR count). The number of carbonyl (C=O) groups excluding carboxylic acids is 2. The summed E-state index contributed by atoms with van der Waals surface area (Å²) in [6, 6.07) is 31.2. The maximum Gasteiger partial charge on any atom is 0.265 e. The fourth-order valence-electron chi connectivity index (χ4n) is 5.05. The molecule has 1 heterocycles. The number of hydrogen-bond donors (Lipinski definition) is 0. The number of para-hydroxylation sites is 2. The summed E-state index contributed by atoms with van der Waals surface area (Å²) in [6.45, 7) is 3.56. The number of hydrogen-bond acceptors (Lipinski definition) is 3. The van der Waals surface area contributed by atoms with Crippen LogP contribution in [0.2, 0.25) is 0 Å². The second-order valence-corrected chi connectivity index (χ2v) is 8.95. The molecule has 176 valence electrons. The van der Waals surface area contributed by atoms with Crippen molar-refractivity contribution >= 4 is 34.0 Å². The Hall–Kier alpha value is -4.12. The molecule has 1 aliphatic rings. The van der Waals surface area contributed by atoms with E-state index in [1.807, 2.05) is 114 Å². The van der Waals surface area contributed by atoms with E-state index in [1.165, 1.54) is 0 Å². The monoisotopic (exact) mass is 464 g/mol. The predicted octanol–water partition coefficient (Wildman–Crippen LogP) is 6.14. The first-order valence-corrected chi connectivity index (χ1v) is 11.9. The zero-order chi connectivity index (χ0) is 24.4. The highest BCUT2D eigenvalue weighted by atomic mass is 16.5. The molecule has 5 heteroatoms. The Labute approximate surface area is 205 Å². The summed E-state index contributed by atoms with van der Waals surface area (Å²) in [5.41, 5.74) is 2.64. The molecule has 0 saturated carbocycles. The summed E-state index contributed by atoms with van der Waals surface area (Å²) < 4.78 is 5.92. The summed E-state index contributed by atoms with van der Waals surface area (Å²) in [5, 5.41) is 2.20. The van der Waals surface area contributed by atoms with Crippen molar-refractivity contribution in [3.8, 4) is 5.75 Å². The fourth-order valence-corrected chi connectivity index (χ4v) is 5.05. The zero-order valence-corrected chi connectivity index (χ0v) is 19.9. The number of anilines is 2. The van der Waals surface area contributed by atoms with Crippen molar-refractivity contribution in [2.75, 3.05) is 16.4 Å². The van der Waals surface area contributed by atoms with Crippen molar-refractivity contribution in [3.63, 3.8) is 0 Å². The third-order valence-electron chi connectivity index (χ3n) is 6.60. The quantitative estimate of drug-likeness (QED) is 0.357. The molecule has 0 radical (unpaired) electrons. The van der Waals surface area contributed by atoms with Gasteiger partial charge in [0, 0.05) is 24.3 Å². The highest BCUT2D eigenvalue weighted by Gasteiger charge is 2.37. The first kappa shape index (κ1) is 22.7. The van der Waals surface area contributed by atoms with E-state index in [9.17, 15) is 9.59 Å². The molecule has 4 aromatic carbocycles. The molecule has 0 fully saturated rings. The second-order valence-electron chi connectivity index (χ2n) is 8.95. The molecule has 2 atom stereocenters. The standard InChI is InChI=1S/C30H28N2O3/c1-21-18-29(32(22(2)33)25-12-4-3-5-13-25)27-14-8-9-15-28(27)31(21)30(34)20-35-26-17-16-23-10-6-7-11-24(23)19-26/h3-17,19,21,29H,18,20H2,1-2H3. The van der Waals surface area contributed by atoms with Crippen LogP contribution in [0.25, 0.3) is 10.8 Å². The molecule has 0 spiro atoms. The first-order valence-electron chi connectivity index (χ1n) is 11.9. The summed E-state index contributed by atoms with van der Waals surface area (Å²) >= 11 is 0. The number of rotatable bonds is 5. The molecule has 4 aromatic rings. The minimum absolute atomic E-state index is 0.0254. The SMILES string of the molecule is CC(=O)N(c1ccccc1)C1CC(C)N(C(=O)COc2ccc3ccccc3c2)c2ccccc21. The summed E-state index contributed by atoms with van der Waals surface area (Å²) in [5.74, 6) is 0.535. The van der Waals surface area contributed by atoms with E-state index < -0.39 is 0 Å². The average Bonchev–Trinajstić information content (AvgIpc) is 2.88. The van der Waals surface area contributed by atoms with Crippen LogP contribution in [0, 0.1) is 0 Å². The molecule has 2 amide bonds. The lowest BCUT2D eigenvalue weighted by atomic mass is 9.90. The molecule has 0 bridgehead atoms. The maximum absolute atomic E-state index is 13.4. The topological polar surface area (TPSA) is 49.9 Å². The van der Waals surface area contributed by atoms with E-state index in [-0.39, 0.29) is 30.5 Å². The van der Waals surface area contributed by atoms with Crippen LogP contribution in [-0.2, 0) is 9.59 Å². The van der Waals surface area contributed by atoms with Crippen molar-refractivity contribution in [1.29, 1.82) is 0 Å². The molecule has 0 aromatic heterocycles. The summed E-state index contributed by atoms with van der Waals surface area (Å²) in [4.78, 5) is 29.8. The number of carbonyl (C=O) groups is 2. The Morgan fingerprint density at radius 2 is 1.57 bits per heavy atom. The Bertz CT molecular complexity index is 1370. The molecular weight excluding hydrogens is 436 g/mol. The fraction of sp³-hybridized carbons (Fsp3) is 0.200. The van der Waals surface area contributed by atoms with E-state index in [2.05, 4.69) is 0 Å². The van der Waals surface area contributed by atoms with Gasteiger partial charge < -0.3 is 14.5 Å². The van der Waals surface area contributed by atoms with Crippen LogP contribution < -0.4 is 14.5 Å². The van der Waals surface area contributed by atoms with Crippen LogP contribution in [0.5, 0.6) is 5.75 Å². The van der Waals surface area contributed by atoms with Crippen molar-refractivity contribution in [2.24, 2.45) is 0 Å². The van der Waals surface area contributed by atoms with Crippen molar-refractivity contribution < 1.29 is 14.3 Å². The normalized spacial score (nSPS) is 17.0. The number of nitrogens with zero attached hydrogens (tertiary/aromatic N) is 2. The van der Waals surface area contributed by atoms with Crippen LogP contribution in [-0.4, -0.2) is 24.5 Å². The van der Waals surface area contributed by atoms with Crippen molar-refractivity contribution in [2.45, 2.75) is 32.4 Å². The van der Waals surface area contributed by atoms with Gasteiger partial charge >= 0.3 is 0 Å². The Morgan fingerprint density at radius 1 is 0.886 bits per heavy atom. The lowest BCUT2D eigenvalue weighted by Gasteiger charge is -2.43. The van der Waals surface area contributed by atoms with Crippen molar-refractivity contribution in [3.05, 3.63) is 103 Å². The van der Waals surface area contributed by atoms with E-state index in [1.54, 1.807) is 6.92 Å². The van der Waals surface area contributed by atoms with Gasteiger partial charge in [-0.25, -0.2) is 0 Å². The third-order valence-corrected chi connectivity index (χ3v) is 6.60. The minimum atomic E-state index is -0.161. The van der Waals surface area contributed by atoms with Gasteiger partial charge in [0.05, 0.1) is 6.04 Å². The van der Waals surface area contributed by atoms with Crippen LogP contribution in [0.3, 0.4) is 0 Å². The Balaban J connectivity index is 1.41. The molecular formula is C30H28N2O3. The lowest BCUT2D eigenvalue weighted by molar-refractivity contribution is -0.121. The predicted molar refractivity (Wildman–Crippen MR) is 140 cm³/mol. The van der Waals surface area contributed by atoms with Crippen LogP contribution in [0.4, 0.5) is 11.4 Å². The maximum atomic E-state index is 13.4. The summed E-state index contributed by atoms with van der Waals surface area (Å²) in [7, 11) is 0. The Morgan fingerprint density at radius 3 is 2.34 bits per heavy atom. The molecule has 2 unspecified atom stereocenters. The van der Waals surface area contributed by atoms with Gasteiger partial charge in [-0.1, -0.05) is 66.7 Å². The van der Waals surface area contributed by atoms with Gasteiger partial charge in [0.15, 0.2) is 6.61 Å². The van der Waals surface area contributed by atoms with Gasteiger partial charge in [-0.15, -0.1) is 0 Å². The van der Waals surface area contributed by atoms with Crippen molar-refractivity contribution in [1.82, 2.24) is 0 Å². The second kappa shape index (κ2) is 9.63. The van der Waals surface area contributed by atoms with Crippen LogP contribution >= 0.6 is 0 Å². The molecule has 0 saturated heterocycles. The smallest absolute Gasteiger partial charge is 0.265 e. The largest absolute Gasteiger partial charge is 0.484 e. The molecule has 35 heavy (non-hydrogen) atoms. The number of amides is 2. The molecule has 5 nitrogen and oxygen atoms in total. The number of ether oxygens (including phenoxy) is 1. The van der Waals surface area contributed by atoms with Gasteiger partial charge in [-0.05, 0) is 60.0 Å². The average molecular weight is 465 g/mol. The summed E-state index contributed by atoms with van der Waals surface area (Å²) in [6.07, 6.45) is 0.632. The van der Waals surface area contributed by atoms with E-state index in [0.29, 0.717) is 12.2 Å². The van der Waals surface area contributed by atoms with Gasteiger partial charge in [0.1, 0.15) is 5.75 Å². The van der Waals surface area contributed by atoms with Gasteiger partial charge in [0.2, 0.25) is 5.91 Å². The number of benzene rings is 4. The molecule has 1 aliphatic heterocycles. The lowest BCUT2D eigenvalue weighted by Crippen LogP contribution is -2.48. The van der Waals surface area contributed by atoms with E-state index >= 15 is 0 Å². The van der Waals surface area contributed by atoms with Gasteiger partial charge in [0.25, 0.3) is 5.91 Å². The van der Waals surface area contributed by atoms with Crippen LogP contribution in [0.15, 0.2) is 97.1 Å². The van der Waals surface area contributed by atoms with Crippen LogP contribution in [0.1, 0.15) is 31.9 Å². The third kappa shape index (κ3) is 4.50.